The second-order valence-corrected chi connectivity index (χ2v) is 6.63. The third-order valence-corrected chi connectivity index (χ3v) is 3.47. The molecular weight excluding hydrogens is 297 g/mol. The summed E-state index contributed by atoms with van der Waals surface area (Å²) in [6, 6.07) is 5.04. The molecule has 1 aromatic carbocycles. The quantitative estimate of drug-likeness (QED) is 0.844. The normalized spacial score (nSPS) is 14.2. The molecule has 0 bridgehead atoms. The zero-order valence-electron chi connectivity index (χ0n) is 12.0. The number of amides is 1. The van der Waals surface area contributed by atoms with Crippen molar-refractivity contribution >= 4 is 29.1 Å². The van der Waals surface area contributed by atoms with Crippen molar-refractivity contribution in [2.24, 2.45) is 5.92 Å². The van der Waals surface area contributed by atoms with E-state index >= 15 is 0 Å². The van der Waals surface area contributed by atoms with Gasteiger partial charge in [0.1, 0.15) is 0 Å². The number of hydrogen-bond acceptors (Lipinski definition) is 2. The molecule has 0 heterocycles. The van der Waals surface area contributed by atoms with Crippen molar-refractivity contribution in [3.63, 3.8) is 0 Å². The van der Waals surface area contributed by atoms with Gasteiger partial charge in [0.25, 0.3) is 0 Å². The number of halogens is 2. The fraction of sp³-hybridized carbons (Fsp3) is 0.533. The SMILES string of the molecule is CC(C)CC(C)(O)CNC(=O)Cc1ccc(Cl)cc1Cl. The van der Waals surface area contributed by atoms with Crippen molar-refractivity contribution in [3.05, 3.63) is 33.8 Å². The van der Waals surface area contributed by atoms with Crippen LogP contribution in [-0.4, -0.2) is 23.2 Å². The Kier molecular flexibility index (Phi) is 6.31. The molecule has 0 aliphatic rings. The molecule has 1 unspecified atom stereocenters. The topological polar surface area (TPSA) is 49.3 Å². The van der Waals surface area contributed by atoms with Crippen molar-refractivity contribution < 1.29 is 9.90 Å². The molecule has 0 saturated heterocycles. The zero-order chi connectivity index (χ0) is 15.3. The maximum absolute atomic E-state index is 11.9. The fourth-order valence-corrected chi connectivity index (χ4v) is 2.62. The van der Waals surface area contributed by atoms with Crippen LogP contribution in [0, 0.1) is 5.92 Å². The second kappa shape index (κ2) is 7.30. The number of carbonyl (C=O) groups is 1. The lowest BCUT2D eigenvalue weighted by molar-refractivity contribution is -0.121. The summed E-state index contributed by atoms with van der Waals surface area (Å²) in [5, 5.41) is 13.9. The maximum atomic E-state index is 11.9. The molecule has 1 rings (SSSR count). The molecule has 5 heteroatoms. The number of aliphatic hydroxyl groups is 1. The highest BCUT2D eigenvalue weighted by Crippen LogP contribution is 2.21. The molecule has 0 aromatic heterocycles. The summed E-state index contributed by atoms with van der Waals surface area (Å²) >= 11 is 11.8. The first-order valence-electron chi connectivity index (χ1n) is 6.62. The lowest BCUT2D eigenvalue weighted by Crippen LogP contribution is -2.42. The van der Waals surface area contributed by atoms with E-state index in [0.717, 1.165) is 5.56 Å². The Morgan fingerprint density at radius 3 is 2.60 bits per heavy atom. The first-order valence-corrected chi connectivity index (χ1v) is 7.38. The molecule has 112 valence electrons. The van der Waals surface area contributed by atoms with Gasteiger partial charge in [-0.2, -0.15) is 0 Å². The molecule has 2 N–H and O–H groups in total. The smallest absolute Gasteiger partial charge is 0.224 e. The van der Waals surface area contributed by atoms with Crippen LogP contribution in [0.5, 0.6) is 0 Å². The summed E-state index contributed by atoms with van der Waals surface area (Å²) < 4.78 is 0. The van der Waals surface area contributed by atoms with Gasteiger partial charge < -0.3 is 10.4 Å². The van der Waals surface area contributed by atoms with Crippen molar-refractivity contribution in [1.29, 1.82) is 0 Å². The summed E-state index contributed by atoms with van der Waals surface area (Å²) in [6.07, 6.45) is 0.808. The Hall–Kier alpha value is -0.770. The minimum absolute atomic E-state index is 0.168. The molecule has 1 amide bonds. The summed E-state index contributed by atoms with van der Waals surface area (Å²) in [5.41, 5.74) is -0.176. The van der Waals surface area contributed by atoms with Gasteiger partial charge in [-0.05, 0) is 37.0 Å². The molecular formula is C15H21Cl2NO2. The summed E-state index contributed by atoms with van der Waals surface area (Å²) in [7, 11) is 0. The lowest BCUT2D eigenvalue weighted by atomic mass is 9.94. The van der Waals surface area contributed by atoms with Gasteiger partial charge >= 0.3 is 0 Å². The number of benzene rings is 1. The highest BCUT2D eigenvalue weighted by atomic mass is 35.5. The Bertz CT molecular complexity index is 473. The molecule has 0 radical (unpaired) electrons. The van der Waals surface area contributed by atoms with Crippen molar-refractivity contribution in [2.75, 3.05) is 6.54 Å². The van der Waals surface area contributed by atoms with Crippen LogP contribution < -0.4 is 5.32 Å². The van der Waals surface area contributed by atoms with E-state index < -0.39 is 5.60 Å². The molecule has 0 fully saturated rings. The average Bonchev–Trinajstić information content (AvgIpc) is 2.29. The van der Waals surface area contributed by atoms with E-state index in [1.54, 1.807) is 25.1 Å². The number of carbonyl (C=O) groups excluding carboxylic acids is 1. The first kappa shape index (κ1) is 17.3. The predicted molar refractivity (Wildman–Crippen MR) is 83.3 cm³/mol. The Balaban J connectivity index is 2.52. The minimum atomic E-state index is -0.895. The van der Waals surface area contributed by atoms with Crippen molar-refractivity contribution in [1.82, 2.24) is 5.32 Å². The standard InChI is InChI=1S/C15H21Cl2NO2/c1-10(2)8-15(3,20)9-18-14(19)6-11-4-5-12(16)7-13(11)17/h4-5,7,10,20H,6,8-9H2,1-3H3,(H,18,19). The number of hydrogen-bond donors (Lipinski definition) is 2. The Morgan fingerprint density at radius 2 is 2.05 bits per heavy atom. The van der Waals surface area contributed by atoms with Crippen LogP contribution in [0.25, 0.3) is 0 Å². The van der Waals surface area contributed by atoms with Crippen LogP contribution in [0.4, 0.5) is 0 Å². The van der Waals surface area contributed by atoms with Crippen molar-refractivity contribution in [2.45, 2.75) is 39.2 Å². The van der Waals surface area contributed by atoms with Crippen LogP contribution in [0.2, 0.25) is 10.0 Å². The van der Waals surface area contributed by atoms with Gasteiger partial charge in [-0.3, -0.25) is 4.79 Å². The zero-order valence-corrected chi connectivity index (χ0v) is 13.6. The van der Waals surface area contributed by atoms with Crippen LogP contribution in [-0.2, 0) is 11.2 Å². The Morgan fingerprint density at radius 1 is 1.40 bits per heavy atom. The van der Waals surface area contributed by atoms with Gasteiger partial charge in [0.05, 0.1) is 12.0 Å². The molecule has 1 atom stereocenters. The number of rotatable bonds is 6. The third kappa shape index (κ3) is 6.12. The molecule has 0 aliphatic carbocycles. The van der Waals surface area contributed by atoms with Crippen molar-refractivity contribution in [3.8, 4) is 0 Å². The number of nitrogens with one attached hydrogen (secondary N) is 1. The first-order chi connectivity index (χ1) is 9.19. The van der Waals surface area contributed by atoms with Gasteiger partial charge in [0, 0.05) is 16.6 Å². The molecule has 0 saturated carbocycles. The average molecular weight is 318 g/mol. The molecule has 20 heavy (non-hydrogen) atoms. The fourth-order valence-electron chi connectivity index (χ4n) is 2.14. The summed E-state index contributed by atoms with van der Waals surface area (Å²) in [6.45, 7) is 6.02. The molecule has 0 aliphatic heterocycles. The van der Waals surface area contributed by atoms with Crippen LogP contribution in [0.15, 0.2) is 18.2 Å². The molecule has 1 aromatic rings. The molecule has 3 nitrogen and oxygen atoms in total. The van der Waals surface area contributed by atoms with Crippen LogP contribution >= 0.6 is 23.2 Å². The van der Waals surface area contributed by atoms with Crippen LogP contribution in [0.3, 0.4) is 0 Å². The minimum Gasteiger partial charge on any atom is -0.388 e. The van der Waals surface area contributed by atoms with E-state index in [-0.39, 0.29) is 18.9 Å². The highest BCUT2D eigenvalue weighted by molar-refractivity contribution is 6.35. The van der Waals surface area contributed by atoms with E-state index in [2.05, 4.69) is 5.32 Å². The van der Waals surface area contributed by atoms with Gasteiger partial charge in [0.2, 0.25) is 5.91 Å². The molecule has 0 spiro atoms. The van der Waals surface area contributed by atoms with Gasteiger partial charge in [-0.15, -0.1) is 0 Å². The summed E-state index contributed by atoms with van der Waals surface area (Å²) in [5.74, 6) is 0.200. The van der Waals surface area contributed by atoms with Gasteiger partial charge in [0.15, 0.2) is 0 Å². The van der Waals surface area contributed by atoms with E-state index in [4.69, 9.17) is 23.2 Å². The summed E-state index contributed by atoms with van der Waals surface area (Å²) in [4.78, 5) is 11.9. The van der Waals surface area contributed by atoms with E-state index in [9.17, 15) is 9.90 Å². The van der Waals surface area contributed by atoms with Gasteiger partial charge in [-0.25, -0.2) is 0 Å². The van der Waals surface area contributed by atoms with Gasteiger partial charge in [-0.1, -0.05) is 43.1 Å². The monoisotopic (exact) mass is 317 g/mol. The second-order valence-electron chi connectivity index (χ2n) is 5.78. The van der Waals surface area contributed by atoms with Crippen LogP contribution in [0.1, 0.15) is 32.8 Å². The van der Waals surface area contributed by atoms with E-state index in [1.807, 2.05) is 13.8 Å². The Labute approximate surface area is 130 Å². The predicted octanol–water partition coefficient (Wildman–Crippen LogP) is 3.45. The van der Waals surface area contributed by atoms with E-state index in [1.165, 1.54) is 0 Å². The lowest BCUT2D eigenvalue weighted by Gasteiger charge is -2.25. The highest BCUT2D eigenvalue weighted by Gasteiger charge is 2.22. The third-order valence-electron chi connectivity index (χ3n) is 2.88. The van der Waals surface area contributed by atoms with E-state index in [0.29, 0.717) is 22.4 Å². The largest absolute Gasteiger partial charge is 0.388 e. The maximum Gasteiger partial charge on any atom is 0.224 e.